The van der Waals surface area contributed by atoms with E-state index in [0.29, 0.717) is 0 Å². The zero-order chi connectivity index (χ0) is 9.97. The zero-order valence-electron chi connectivity index (χ0n) is 8.05. The van der Waals surface area contributed by atoms with Crippen LogP contribution in [0.1, 0.15) is 13.3 Å². The van der Waals surface area contributed by atoms with Crippen LogP contribution in [-0.4, -0.2) is 16.5 Å². The smallest absolute Gasteiger partial charge is 0.323 e. The van der Waals surface area contributed by atoms with E-state index in [1.54, 1.807) is 0 Å². The predicted molar refractivity (Wildman–Crippen MR) is 57.7 cm³/mol. The van der Waals surface area contributed by atoms with Crippen LogP contribution >= 0.6 is 0 Å². The fourth-order valence-electron chi connectivity index (χ4n) is 1.41. The lowest BCUT2D eigenvalue weighted by Gasteiger charge is -2.03. The summed E-state index contributed by atoms with van der Waals surface area (Å²) in [6, 6.07) is 5.79. The topological polar surface area (TPSA) is 60.7 Å². The van der Waals surface area contributed by atoms with Crippen molar-refractivity contribution in [1.29, 1.82) is 0 Å². The largest absolute Gasteiger partial charge is 0.385 e. The lowest BCUT2D eigenvalue weighted by Crippen LogP contribution is -1.99. The van der Waals surface area contributed by atoms with Gasteiger partial charge in [0.15, 0.2) is 0 Å². The Morgan fingerprint density at radius 1 is 1.29 bits per heavy atom. The van der Waals surface area contributed by atoms with Gasteiger partial charge in [0.05, 0.1) is 11.0 Å². The molecule has 0 amide bonds. The summed E-state index contributed by atoms with van der Waals surface area (Å²) < 4.78 is 0. The molecular weight excluding hydrogens is 178 g/mol. The van der Waals surface area contributed by atoms with Gasteiger partial charge in [-0.15, -0.1) is 0 Å². The van der Waals surface area contributed by atoms with Gasteiger partial charge in [-0.25, -0.2) is 4.79 Å². The molecule has 0 aliphatic rings. The van der Waals surface area contributed by atoms with Crippen molar-refractivity contribution in [3.8, 4) is 0 Å². The quantitative estimate of drug-likeness (QED) is 0.691. The maximum atomic E-state index is 11.0. The SMILES string of the molecule is CCCNc1ccc2[nH]c(=O)[nH]c2c1. The highest BCUT2D eigenvalue weighted by Crippen LogP contribution is 2.14. The Balaban J connectivity index is 2.35. The lowest BCUT2D eigenvalue weighted by atomic mass is 10.2. The number of rotatable bonds is 3. The van der Waals surface area contributed by atoms with E-state index < -0.39 is 0 Å². The number of nitrogens with one attached hydrogen (secondary N) is 3. The van der Waals surface area contributed by atoms with E-state index in [-0.39, 0.29) is 5.69 Å². The average Bonchev–Trinajstić information content (AvgIpc) is 2.54. The van der Waals surface area contributed by atoms with Gasteiger partial charge in [0.2, 0.25) is 0 Å². The van der Waals surface area contributed by atoms with E-state index in [1.165, 1.54) is 0 Å². The minimum absolute atomic E-state index is 0.160. The molecule has 0 aliphatic heterocycles. The number of aromatic nitrogens is 2. The first kappa shape index (κ1) is 8.87. The number of imidazole rings is 1. The molecular formula is C10H13N3O. The van der Waals surface area contributed by atoms with Crippen molar-refractivity contribution in [1.82, 2.24) is 9.97 Å². The number of anilines is 1. The minimum atomic E-state index is -0.160. The van der Waals surface area contributed by atoms with Crippen LogP contribution in [0.2, 0.25) is 0 Å². The maximum absolute atomic E-state index is 11.0. The molecule has 0 aliphatic carbocycles. The molecule has 0 saturated heterocycles. The fourth-order valence-corrected chi connectivity index (χ4v) is 1.41. The summed E-state index contributed by atoms with van der Waals surface area (Å²) in [5, 5.41) is 3.26. The zero-order valence-corrected chi connectivity index (χ0v) is 8.05. The summed E-state index contributed by atoms with van der Waals surface area (Å²) in [6.07, 6.45) is 1.09. The Bertz CT molecular complexity index is 483. The molecule has 2 rings (SSSR count). The van der Waals surface area contributed by atoms with Crippen molar-refractivity contribution in [3.05, 3.63) is 28.7 Å². The van der Waals surface area contributed by atoms with Crippen molar-refractivity contribution < 1.29 is 0 Å². The van der Waals surface area contributed by atoms with Gasteiger partial charge in [-0.05, 0) is 24.6 Å². The van der Waals surface area contributed by atoms with Gasteiger partial charge in [-0.3, -0.25) is 0 Å². The number of hydrogen-bond acceptors (Lipinski definition) is 2. The summed E-state index contributed by atoms with van der Waals surface area (Å²) in [6.45, 7) is 3.06. The van der Waals surface area contributed by atoms with E-state index in [4.69, 9.17) is 0 Å². The fraction of sp³-hybridized carbons (Fsp3) is 0.300. The molecule has 14 heavy (non-hydrogen) atoms. The van der Waals surface area contributed by atoms with Crippen molar-refractivity contribution in [3.63, 3.8) is 0 Å². The first-order valence-electron chi connectivity index (χ1n) is 4.75. The van der Waals surface area contributed by atoms with Crippen LogP contribution in [0.5, 0.6) is 0 Å². The highest BCUT2D eigenvalue weighted by molar-refractivity contribution is 5.78. The number of H-pyrrole nitrogens is 2. The molecule has 4 nitrogen and oxygen atoms in total. The molecule has 74 valence electrons. The van der Waals surface area contributed by atoms with Gasteiger partial charge in [0.1, 0.15) is 0 Å². The molecule has 2 aromatic rings. The van der Waals surface area contributed by atoms with Crippen LogP contribution < -0.4 is 11.0 Å². The monoisotopic (exact) mass is 191 g/mol. The molecule has 1 aromatic carbocycles. The molecule has 0 bridgehead atoms. The van der Waals surface area contributed by atoms with E-state index in [0.717, 1.165) is 29.7 Å². The second-order valence-corrected chi connectivity index (χ2v) is 3.27. The Hall–Kier alpha value is -1.71. The normalized spacial score (nSPS) is 10.6. The second kappa shape index (κ2) is 3.57. The average molecular weight is 191 g/mol. The van der Waals surface area contributed by atoms with Gasteiger partial charge in [0, 0.05) is 12.2 Å². The first-order chi connectivity index (χ1) is 6.79. The van der Waals surface area contributed by atoms with Gasteiger partial charge in [-0.2, -0.15) is 0 Å². The Morgan fingerprint density at radius 3 is 2.86 bits per heavy atom. The molecule has 0 fully saturated rings. The summed E-state index contributed by atoms with van der Waals surface area (Å²) in [5.41, 5.74) is 2.57. The second-order valence-electron chi connectivity index (χ2n) is 3.27. The number of aromatic amines is 2. The molecule has 1 aromatic heterocycles. The van der Waals surface area contributed by atoms with Crippen molar-refractivity contribution in [2.45, 2.75) is 13.3 Å². The number of hydrogen-bond donors (Lipinski definition) is 3. The molecule has 0 spiro atoms. The Morgan fingerprint density at radius 2 is 2.07 bits per heavy atom. The third kappa shape index (κ3) is 1.64. The van der Waals surface area contributed by atoms with E-state index in [9.17, 15) is 4.79 Å². The van der Waals surface area contributed by atoms with Crippen LogP contribution in [0, 0.1) is 0 Å². The Labute approximate surface area is 81.3 Å². The lowest BCUT2D eigenvalue weighted by molar-refractivity contribution is 0.980. The molecule has 1 heterocycles. The van der Waals surface area contributed by atoms with Gasteiger partial charge in [-0.1, -0.05) is 6.92 Å². The predicted octanol–water partition coefficient (Wildman–Crippen LogP) is 1.68. The number of benzene rings is 1. The van der Waals surface area contributed by atoms with Gasteiger partial charge < -0.3 is 15.3 Å². The maximum Gasteiger partial charge on any atom is 0.323 e. The van der Waals surface area contributed by atoms with E-state index in [2.05, 4.69) is 22.2 Å². The molecule has 3 N–H and O–H groups in total. The first-order valence-corrected chi connectivity index (χ1v) is 4.75. The van der Waals surface area contributed by atoms with Crippen LogP contribution in [0.4, 0.5) is 5.69 Å². The van der Waals surface area contributed by atoms with E-state index in [1.807, 2.05) is 18.2 Å². The summed E-state index contributed by atoms with van der Waals surface area (Å²) >= 11 is 0. The molecule has 0 radical (unpaired) electrons. The third-order valence-electron chi connectivity index (χ3n) is 2.10. The van der Waals surface area contributed by atoms with E-state index >= 15 is 0 Å². The summed E-state index contributed by atoms with van der Waals surface area (Å²) in [7, 11) is 0. The minimum Gasteiger partial charge on any atom is -0.385 e. The van der Waals surface area contributed by atoms with Crippen LogP contribution in [0.15, 0.2) is 23.0 Å². The van der Waals surface area contributed by atoms with Gasteiger partial charge >= 0.3 is 5.69 Å². The Kier molecular flexibility index (Phi) is 2.26. The number of fused-ring (bicyclic) bond motifs is 1. The van der Waals surface area contributed by atoms with Crippen molar-refractivity contribution in [2.24, 2.45) is 0 Å². The standard InChI is InChI=1S/C10H13N3O/c1-2-5-11-7-3-4-8-9(6-7)13-10(14)12-8/h3-4,6,11H,2,5H2,1H3,(H2,12,13,14). The van der Waals surface area contributed by atoms with Crippen molar-refractivity contribution >= 4 is 16.7 Å². The third-order valence-corrected chi connectivity index (χ3v) is 2.10. The van der Waals surface area contributed by atoms with Crippen LogP contribution in [0.3, 0.4) is 0 Å². The molecule has 0 atom stereocenters. The highest BCUT2D eigenvalue weighted by atomic mass is 16.1. The molecule has 0 unspecified atom stereocenters. The van der Waals surface area contributed by atoms with Crippen LogP contribution in [0.25, 0.3) is 11.0 Å². The summed E-state index contributed by atoms with van der Waals surface area (Å²) in [4.78, 5) is 16.4. The summed E-state index contributed by atoms with van der Waals surface area (Å²) in [5.74, 6) is 0. The van der Waals surface area contributed by atoms with Crippen LogP contribution in [-0.2, 0) is 0 Å². The molecule has 0 saturated carbocycles. The van der Waals surface area contributed by atoms with Gasteiger partial charge in [0.25, 0.3) is 0 Å². The van der Waals surface area contributed by atoms with Crippen molar-refractivity contribution in [2.75, 3.05) is 11.9 Å². The highest BCUT2D eigenvalue weighted by Gasteiger charge is 1.98. The molecule has 4 heteroatoms.